The number of para-hydroxylation sites is 2. The van der Waals surface area contributed by atoms with Crippen molar-refractivity contribution in [2.75, 3.05) is 12.0 Å². The molecule has 0 atom stereocenters. The van der Waals surface area contributed by atoms with Crippen molar-refractivity contribution in [1.29, 1.82) is 0 Å². The van der Waals surface area contributed by atoms with Crippen LogP contribution in [0.2, 0.25) is 0 Å². The number of unbranched alkanes of at least 4 members (excludes halogenated alkanes) is 1. The minimum atomic E-state index is -0.994. The van der Waals surface area contributed by atoms with Gasteiger partial charge >= 0.3 is 5.97 Å². The third kappa shape index (κ3) is 4.85. The summed E-state index contributed by atoms with van der Waals surface area (Å²) in [4.78, 5) is 11.1. The summed E-state index contributed by atoms with van der Waals surface area (Å²) in [6.07, 6.45) is 3.69. The fraction of sp³-hybridized carbons (Fsp3) is 0.222. The maximum atomic E-state index is 11.1. The van der Waals surface area contributed by atoms with Crippen LogP contribution in [0.25, 0.3) is 0 Å². The maximum absolute atomic E-state index is 11.1. The van der Waals surface area contributed by atoms with Crippen molar-refractivity contribution in [3.05, 3.63) is 59.7 Å². The van der Waals surface area contributed by atoms with Gasteiger partial charge in [-0.2, -0.15) is 5.10 Å². The molecule has 0 radical (unpaired) electrons. The predicted octanol–water partition coefficient (Wildman–Crippen LogP) is 4.01. The van der Waals surface area contributed by atoms with E-state index in [4.69, 9.17) is 9.84 Å². The molecule has 5 nitrogen and oxygen atoms in total. The minimum Gasteiger partial charge on any atom is -0.493 e. The molecule has 0 aromatic heterocycles. The first-order valence-electron chi connectivity index (χ1n) is 7.55. The van der Waals surface area contributed by atoms with E-state index in [1.54, 1.807) is 24.4 Å². The van der Waals surface area contributed by atoms with Gasteiger partial charge in [0.25, 0.3) is 0 Å². The summed E-state index contributed by atoms with van der Waals surface area (Å²) in [5.41, 5.74) is 4.23. The Bertz CT molecular complexity index is 683. The number of anilines is 1. The van der Waals surface area contributed by atoms with Crippen molar-refractivity contribution < 1.29 is 14.6 Å². The molecule has 0 aliphatic rings. The number of benzene rings is 2. The fourth-order valence-corrected chi connectivity index (χ4v) is 1.98. The van der Waals surface area contributed by atoms with E-state index in [-0.39, 0.29) is 5.56 Å². The minimum absolute atomic E-state index is 0.178. The van der Waals surface area contributed by atoms with Crippen LogP contribution >= 0.6 is 0 Å². The summed E-state index contributed by atoms with van der Waals surface area (Å²) in [7, 11) is 0. The molecule has 0 heterocycles. The van der Waals surface area contributed by atoms with E-state index in [9.17, 15) is 4.79 Å². The van der Waals surface area contributed by atoms with Gasteiger partial charge in [0.15, 0.2) is 0 Å². The average molecular weight is 312 g/mol. The van der Waals surface area contributed by atoms with Gasteiger partial charge in [0.2, 0.25) is 0 Å². The zero-order valence-electron chi connectivity index (χ0n) is 13.0. The van der Waals surface area contributed by atoms with E-state index in [2.05, 4.69) is 17.5 Å². The van der Waals surface area contributed by atoms with Crippen LogP contribution in [-0.2, 0) is 0 Å². The Morgan fingerprint density at radius 3 is 2.74 bits per heavy atom. The van der Waals surface area contributed by atoms with Crippen LogP contribution < -0.4 is 10.2 Å². The second-order valence-electron chi connectivity index (χ2n) is 4.96. The van der Waals surface area contributed by atoms with E-state index in [1.165, 1.54) is 6.07 Å². The van der Waals surface area contributed by atoms with Gasteiger partial charge in [0.1, 0.15) is 5.75 Å². The zero-order valence-corrected chi connectivity index (χ0v) is 13.0. The highest BCUT2D eigenvalue weighted by molar-refractivity contribution is 5.94. The van der Waals surface area contributed by atoms with Gasteiger partial charge in [-0.3, -0.25) is 5.43 Å². The summed E-state index contributed by atoms with van der Waals surface area (Å²) < 4.78 is 5.73. The lowest BCUT2D eigenvalue weighted by atomic mass is 10.2. The lowest BCUT2D eigenvalue weighted by Gasteiger charge is -2.08. The van der Waals surface area contributed by atoms with Gasteiger partial charge in [0, 0.05) is 5.56 Å². The van der Waals surface area contributed by atoms with E-state index < -0.39 is 5.97 Å². The number of ether oxygens (including phenoxy) is 1. The average Bonchev–Trinajstić information content (AvgIpc) is 2.57. The Balaban J connectivity index is 2.08. The molecule has 0 spiro atoms. The number of nitrogens with zero attached hydrogens (tertiary/aromatic N) is 1. The number of hydrogen-bond donors (Lipinski definition) is 2. The van der Waals surface area contributed by atoms with Gasteiger partial charge in [-0.25, -0.2) is 4.79 Å². The van der Waals surface area contributed by atoms with Crippen LogP contribution in [0.5, 0.6) is 5.75 Å². The smallest absolute Gasteiger partial charge is 0.337 e. The van der Waals surface area contributed by atoms with E-state index in [1.807, 2.05) is 24.3 Å². The molecule has 0 saturated carbocycles. The Kier molecular flexibility index (Phi) is 6.17. The highest BCUT2D eigenvalue weighted by atomic mass is 16.5. The number of aromatic carboxylic acids is 1. The first-order valence-corrected chi connectivity index (χ1v) is 7.55. The normalized spacial score (nSPS) is 10.7. The monoisotopic (exact) mass is 312 g/mol. The van der Waals surface area contributed by atoms with Crippen molar-refractivity contribution in [2.24, 2.45) is 5.10 Å². The maximum Gasteiger partial charge on any atom is 0.337 e. The predicted molar refractivity (Wildman–Crippen MR) is 91.5 cm³/mol. The first-order chi connectivity index (χ1) is 11.2. The number of nitrogens with one attached hydrogen (secondary N) is 1. The van der Waals surface area contributed by atoms with Gasteiger partial charge < -0.3 is 9.84 Å². The molecule has 0 amide bonds. The molecular weight excluding hydrogens is 292 g/mol. The second-order valence-corrected chi connectivity index (χ2v) is 4.96. The number of hydrogen-bond acceptors (Lipinski definition) is 4. The topological polar surface area (TPSA) is 70.9 Å². The summed E-state index contributed by atoms with van der Waals surface area (Å²) in [5.74, 6) is -0.232. The van der Waals surface area contributed by atoms with E-state index in [0.29, 0.717) is 12.3 Å². The van der Waals surface area contributed by atoms with Crippen molar-refractivity contribution in [1.82, 2.24) is 0 Å². The van der Waals surface area contributed by atoms with Crippen molar-refractivity contribution in [2.45, 2.75) is 19.8 Å². The SMILES string of the molecule is CCCCOc1ccccc1/C=N/Nc1ccccc1C(=O)O. The lowest BCUT2D eigenvalue weighted by Crippen LogP contribution is -2.03. The van der Waals surface area contributed by atoms with Crippen molar-refractivity contribution >= 4 is 17.9 Å². The van der Waals surface area contributed by atoms with Crippen LogP contribution in [-0.4, -0.2) is 23.9 Å². The Morgan fingerprint density at radius 1 is 1.22 bits per heavy atom. The number of carboxylic acid groups (broad SMARTS) is 1. The molecule has 0 aliphatic heterocycles. The fourth-order valence-electron chi connectivity index (χ4n) is 1.98. The molecule has 0 bridgehead atoms. The highest BCUT2D eigenvalue weighted by Crippen LogP contribution is 2.17. The van der Waals surface area contributed by atoms with Crippen LogP contribution in [0.4, 0.5) is 5.69 Å². The standard InChI is InChI=1S/C18H20N2O3/c1-2-3-12-23-17-11-7-4-8-14(17)13-19-20-16-10-6-5-9-15(16)18(21)22/h4-11,13,20H,2-3,12H2,1H3,(H,21,22)/b19-13+. The molecule has 2 rings (SSSR count). The molecule has 2 aromatic carbocycles. The molecule has 2 aromatic rings. The van der Waals surface area contributed by atoms with E-state index >= 15 is 0 Å². The third-order valence-corrected chi connectivity index (χ3v) is 3.22. The molecule has 0 unspecified atom stereocenters. The number of carboxylic acids is 1. The molecule has 0 saturated heterocycles. The Labute approximate surface area is 135 Å². The molecule has 23 heavy (non-hydrogen) atoms. The van der Waals surface area contributed by atoms with Gasteiger partial charge in [-0.15, -0.1) is 0 Å². The summed E-state index contributed by atoms with van der Waals surface area (Å²) >= 11 is 0. The molecule has 0 fully saturated rings. The largest absolute Gasteiger partial charge is 0.493 e. The second kappa shape index (κ2) is 8.58. The summed E-state index contributed by atoms with van der Waals surface area (Å²) in [6, 6.07) is 14.2. The third-order valence-electron chi connectivity index (χ3n) is 3.22. The highest BCUT2D eigenvalue weighted by Gasteiger charge is 2.07. The van der Waals surface area contributed by atoms with Crippen LogP contribution in [0.3, 0.4) is 0 Å². The van der Waals surface area contributed by atoms with Gasteiger partial charge in [-0.05, 0) is 30.7 Å². The summed E-state index contributed by atoms with van der Waals surface area (Å²) in [5, 5.41) is 13.3. The van der Waals surface area contributed by atoms with Crippen LogP contribution in [0.1, 0.15) is 35.7 Å². The first kappa shape index (κ1) is 16.5. The number of rotatable bonds is 8. The molecule has 5 heteroatoms. The lowest BCUT2D eigenvalue weighted by molar-refractivity contribution is 0.0698. The quantitative estimate of drug-likeness (QED) is 0.439. The van der Waals surface area contributed by atoms with E-state index in [0.717, 1.165) is 24.2 Å². The number of carbonyl (C=O) groups is 1. The molecule has 2 N–H and O–H groups in total. The van der Waals surface area contributed by atoms with Crippen LogP contribution in [0.15, 0.2) is 53.6 Å². The van der Waals surface area contributed by atoms with Gasteiger partial charge in [0.05, 0.1) is 24.1 Å². The Morgan fingerprint density at radius 2 is 1.96 bits per heavy atom. The van der Waals surface area contributed by atoms with Gasteiger partial charge in [-0.1, -0.05) is 37.6 Å². The molecule has 0 aliphatic carbocycles. The van der Waals surface area contributed by atoms with Crippen molar-refractivity contribution in [3.63, 3.8) is 0 Å². The summed E-state index contributed by atoms with van der Waals surface area (Å²) in [6.45, 7) is 2.77. The van der Waals surface area contributed by atoms with Crippen molar-refractivity contribution in [3.8, 4) is 5.75 Å². The Hall–Kier alpha value is -2.82. The number of hydrazone groups is 1. The molecule has 120 valence electrons. The molecular formula is C18H20N2O3. The zero-order chi connectivity index (χ0) is 16.5. The van der Waals surface area contributed by atoms with Crippen LogP contribution in [0, 0.1) is 0 Å².